The van der Waals surface area contributed by atoms with Crippen LogP contribution in [0.25, 0.3) is 0 Å². The second kappa shape index (κ2) is 8.65. The molecule has 3 rings (SSSR count). The molecule has 25 heavy (non-hydrogen) atoms. The first-order valence-corrected chi connectivity index (χ1v) is 9.25. The molecule has 134 valence electrons. The number of benzene rings is 1. The third kappa shape index (κ3) is 5.05. The van der Waals surface area contributed by atoms with Gasteiger partial charge in [0.1, 0.15) is 5.82 Å². The zero-order chi connectivity index (χ0) is 17.5. The van der Waals surface area contributed by atoms with Crippen molar-refractivity contribution in [1.29, 1.82) is 0 Å². The van der Waals surface area contributed by atoms with E-state index in [1.54, 1.807) is 0 Å². The molecule has 1 aromatic heterocycles. The third-order valence-corrected chi connectivity index (χ3v) is 4.82. The molecule has 2 amide bonds. The lowest BCUT2D eigenvalue weighted by atomic mass is 9.91. The van der Waals surface area contributed by atoms with Gasteiger partial charge in [0, 0.05) is 19.5 Å². The predicted molar refractivity (Wildman–Crippen MR) is 98.5 cm³/mol. The van der Waals surface area contributed by atoms with E-state index in [1.165, 1.54) is 12.0 Å². The minimum atomic E-state index is -0.0939. The molecule has 0 saturated carbocycles. The number of aromatic amines is 1. The fourth-order valence-corrected chi connectivity index (χ4v) is 3.31. The number of carbonyl (C=O) groups is 1. The van der Waals surface area contributed by atoms with E-state index >= 15 is 0 Å². The number of aryl methyl sites for hydroxylation is 2. The molecule has 1 fully saturated rings. The van der Waals surface area contributed by atoms with Crippen molar-refractivity contribution in [2.24, 2.45) is 5.92 Å². The maximum Gasteiger partial charge on any atom is 0.324 e. The fourth-order valence-electron chi connectivity index (χ4n) is 3.31. The maximum absolute atomic E-state index is 12.3. The molecule has 0 unspecified atom stereocenters. The SMILES string of the molecule is CCCc1nc(NC(=O)N2CCC(CCc3ccccc3)CC2)n[nH]1. The first-order chi connectivity index (χ1) is 12.2. The van der Waals surface area contributed by atoms with Crippen LogP contribution in [0.15, 0.2) is 30.3 Å². The highest BCUT2D eigenvalue weighted by atomic mass is 16.2. The van der Waals surface area contributed by atoms with Crippen LogP contribution >= 0.6 is 0 Å². The Morgan fingerprint density at radius 1 is 1.24 bits per heavy atom. The Bertz CT molecular complexity index is 661. The molecule has 0 radical (unpaired) electrons. The van der Waals surface area contributed by atoms with Gasteiger partial charge in [0.2, 0.25) is 5.95 Å². The molecule has 1 aliphatic heterocycles. The van der Waals surface area contributed by atoms with Crippen LogP contribution in [-0.2, 0) is 12.8 Å². The van der Waals surface area contributed by atoms with E-state index in [1.807, 2.05) is 4.90 Å². The van der Waals surface area contributed by atoms with Gasteiger partial charge in [-0.2, -0.15) is 4.98 Å². The summed E-state index contributed by atoms with van der Waals surface area (Å²) in [6.07, 6.45) is 6.29. The smallest absolute Gasteiger partial charge is 0.324 e. The van der Waals surface area contributed by atoms with Crippen LogP contribution in [-0.4, -0.2) is 39.2 Å². The molecule has 1 aliphatic rings. The lowest BCUT2D eigenvalue weighted by molar-refractivity contribution is 0.180. The van der Waals surface area contributed by atoms with E-state index in [4.69, 9.17) is 0 Å². The summed E-state index contributed by atoms with van der Waals surface area (Å²) in [5.74, 6) is 1.89. The first kappa shape index (κ1) is 17.5. The number of rotatable bonds is 6. The Morgan fingerprint density at radius 3 is 2.72 bits per heavy atom. The fraction of sp³-hybridized carbons (Fsp3) is 0.526. The second-order valence-corrected chi connectivity index (χ2v) is 6.74. The van der Waals surface area contributed by atoms with Crippen LogP contribution in [0.2, 0.25) is 0 Å². The van der Waals surface area contributed by atoms with Crippen molar-refractivity contribution in [3.05, 3.63) is 41.7 Å². The van der Waals surface area contributed by atoms with Gasteiger partial charge in [-0.1, -0.05) is 37.3 Å². The number of amides is 2. The van der Waals surface area contributed by atoms with Gasteiger partial charge in [-0.25, -0.2) is 4.79 Å². The normalized spacial score (nSPS) is 15.3. The number of nitrogens with zero attached hydrogens (tertiary/aromatic N) is 3. The van der Waals surface area contributed by atoms with Crippen LogP contribution < -0.4 is 5.32 Å². The molecule has 0 atom stereocenters. The van der Waals surface area contributed by atoms with Gasteiger partial charge >= 0.3 is 6.03 Å². The average molecular weight is 341 g/mol. The number of hydrogen-bond donors (Lipinski definition) is 2. The van der Waals surface area contributed by atoms with Gasteiger partial charge in [-0.05, 0) is 43.6 Å². The number of H-pyrrole nitrogens is 1. The lowest BCUT2D eigenvalue weighted by Crippen LogP contribution is -2.41. The van der Waals surface area contributed by atoms with Gasteiger partial charge in [-0.3, -0.25) is 10.4 Å². The summed E-state index contributed by atoms with van der Waals surface area (Å²) >= 11 is 0. The first-order valence-electron chi connectivity index (χ1n) is 9.25. The van der Waals surface area contributed by atoms with Gasteiger partial charge in [0.05, 0.1) is 0 Å². The summed E-state index contributed by atoms with van der Waals surface area (Å²) < 4.78 is 0. The molecular weight excluding hydrogens is 314 g/mol. The third-order valence-electron chi connectivity index (χ3n) is 4.82. The molecule has 0 spiro atoms. The van der Waals surface area contributed by atoms with Gasteiger partial charge in [-0.15, -0.1) is 5.10 Å². The molecule has 1 aromatic carbocycles. The minimum absolute atomic E-state index is 0.0939. The number of likely N-dealkylation sites (tertiary alicyclic amines) is 1. The van der Waals surface area contributed by atoms with Gasteiger partial charge < -0.3 is 4.90 Å². The molecule has 6 heteroatoms. The molecule has 6 nitrogen and oxygen atoms in total. The Balaban J connectivity index is 1.41. The second-order valence-electron chi connectivity index (χ2n) is 6.74. The van der Waals surface area contributed by atoms with Crippen molar-refractivity contribution in [3.8, 4) is 0 Å². The van der Waals surface area contributed by atoms with Crippen LogP contribution in [0.3, 0.4) is 0 Å². The highest BCUT2D eigenvalue weighted by molar-refractivity contribution is 5.87. The maximum atomic E-state index is 12.3. The summed E-state index contributed by atoms with van der Waals surface area (Å²) in [6.45, 7) is 3.69. The van der Waals surface area contributed by atoms with E-state index in [0.717, 1.165) is 51.0 Å². The molecule has 1 saturated heterocycles. The molecule has 2 aromatic rings. The number of aromatic nitrogens is 3. The molecular formula is C19H27N5O. The summed E-state index contributed by atoms with van der Waals surface area (Å²) in [5, 5.41) is 9.71. The van der Waals surface area contributed by atoms with E-state index in [0.29, 0.717) is 11.9 Å². The molecule has 0 bridgehead atoms. The Morgan fingerprint density at radius 2 is 2.00 bits per heavy atom. The number of anilines is 1. The highest BCUT2D eigenvalue weighted by Crippen LogP contribution is 2.22. The van der Waals surface area contributed by atoms with Crippen LogP contribution in [0.5, 0.6) is 0 Å². The van der Waals surface area contributed by atoms with Crippen LogP contribution in [0.1, 0.15) is 44.0 Å². The highest BCUT2D eigenvalue weighted by Gasteiger charge is 2.23. The lowest BCUT2D eigenvalue weighted by Gasteiger charge is -2.31. The number of nitrogens with one attached hydrogen (secondary N) is 2. The Hall–Kier alpha value is -2.37. The zero-order valence-corrected chi connectivity index (χ0v) is 14.9. The van der Waals surface area contributed by atoms with Crippen LogP contribution in [0, 0.1) is 5.92 Å². The molecule has 2 heterocycles. The van der Waals surface area contributed by atoms with Crippen molar-refractivity contribution in [2.45, 2.75) is 45.4 Å². The monoisotopic (exact) mass is 341 g/mol. The van der Waals surface area contributed by atoms with Crippen molar-refractivity contribution >= 4 is 12.0 Å². The quantitative estimate of drug-likeness (QED) is 0.842. The standard InChI is InChI=1S/C19H27N5O/c1-2-6-17-20-18(23-22-17)21-19(25)24-13-11-16(12-14-24)10-9-15-7-4-3-5-8-15/h3-5,7-8,16H,2,6,9-14H2,1H3,(H2,20,21,22,23,25). The summed E-state index contributed by atoms with van der Waals surface area (Å²) in [5.41, 5.74) is 1.40. The number of hydrogen-bond acceptors (Lipinski definition) is 3. The van der Waals surface area contributed by atoms with Crippen molar-refractivity contribution in [2.75, 3.05) is 18.4 Å². The van der Waals surface area contributed by atoms with Gasteiger partial charge in [0.25, 0.3) is 0 Å². The molecule has 2 N–H and O–H groups in total. The zero-order valence-electron chi connectivity index (χ0n) is 14.9. The topological polar surface area (TPSA) is 73.9 Å². The number of carbonyl (C=O) groups excluding carboxylic acids is 1. The van der Waals surface area contributed by atoms with Crippen molar-refractivity contribution in [3.63, 3.8) is 0 Å². The largest absolute Gasteiger partial charge is 0.324 e. The predicted octanol–water partition coefficient (Wildman–Crippen LogP) is 3.63. The van der Waals surface area contributed by atoms with E-state index in [9.17, 15) is 4.79 Å². The van der Waals surface area contributed by atoms with E-state index in [-0.39, 0.29) is 6.03 Å². The summed E-state index contributed by atoms with van der Waals surface area (Å²) in [6, 6.07) is 10.5. The van der Waals surface area contributed by atoms with Gasteiger partial charge in [0.15, 0.2) is 0 Å². The molecule has 0 aliphatic carbocycles. The Labute approximate surface area is 149 Å². The van der Waals surface area contributed by atoms with E-state index in [2.05, 4.69) is 57.8 Å². The van der Waals surface area contributed by atoms with Crippen molar-refractivity contribution < 1.29 is 4.79 Å². The Kier molecular flexibility index (Phi) is 6.04. The minimum Gasteiger partial charge on any atom is -0.324 e. The number of piperidine rings is 1. The van der Waals surface area contributed by atoms with E-state index < -0.39 is 0 Å². The van der Waals surface area contributed by atoms with Crippen molar-refractivity contribution in [1.82, 2.24) is 20.1 Å². The average Bonchev–Trinajstić information content (AvgIpc) is 3.08. The summed E-state index contributed by atoms with van der Waals surface area (Å²) in [4.78, 5) is 18.5. The van der Waals surface area contributed by atoms with Crippen LogP contribution in [0.4, 0.5) is 10.7 Å². The number of urea groups is 1. The summed E-state index contributed by atoms with van der Waals surface area (Å²) in [7, 11) is 0.